The van der Waals surface area contributed by atoms with Gasteiger partial charge < -0.3 is 15.5 Å². The molecule has 0 aliphatic heterocycles. The van der Waals surface area contributed by atoms with Gasteiger partial charge in [-0.25, -0.2) is 9.59 Å². The Balaban J connectivity index is 2.51. The highest BCUT2D eigenvalue weighted by molar-refractivity contribution is 5.99. The molecule has 0 aliphatic carbocycles. The van der Waals surface area contributed by atoms with E-state index in [1.54, 1.807) is 31.2 Å². The fraction of sp³-hybridized carbons (Fsp3) is 0.0667. The van der Waals surface area contributed by atoms with Crippen molar-refractivity contribution in [2.75, 3.05) is 5.32 Å². The molecule has 0 radical (unpaired) electrons. The highest BCUT2D eigenvalue weighted by Crippen LogP contribution is 2.25. The SMILES string of the molecule is Cc1cc(C(=O)O)c(Nc2ccccc2)cc1C(=O)O. The van der Waals surface area contributed by atoms with E-state index >= 15 is 0 Å². The first kappa shape index (κ1) is 13.6. The molecule has 0 bridgehead atoms. The Morgan fingerprint density at radius 3 is 2.10 bits per heavy atom. The Labute approximate surface area is 115 Å². The molecule has 0 aliphatic rings. The van der Waals surface area contributed by atoms with Crippen LogP contribution in [0.15, 0.2) is 42.5 Å². The van der Waals surface area contributed by atoms with E-state index in [1.165, 1.54) is 12.1 Å². The third-order valence-electron chi connectivity index (χ3n) is 2.88. The zero-order chi connectivity index (χ0) is 14.7. The average Bonchev–Trinajstić information content (AvgIpc) is 2.41. The van der Waals surface area contributed by atoms with E-state index in [0.717, 1.165) is 0 Å². The van der Waals surface area contributed by atoms with Crippen molar-refractivity contribution in [3.63, 3.8) is 0 Å². The molecule has 0 heterocycles. The Bertz CT molecular complexity index is 665. The van der Waals surface area contributed by atoms with Crippen LogP contribution in [0.2, 0.25) is 0 Å². The number of para-hydroxylation sites is 1. The maximum atomic E-state index is 11.3. The molecule has 0 saturated carbocycles. The topological polar surface area (TPSA) is 86.6 Å². The number of rotatable bonds is 4. The smallest absolute Gasteiger partial charge is 0.337 e. The summed E-state index contributed by atoms with van der Waals surface area (Å²) >= 11 is 0. The number of hydrogen-bond acceptors (Lipinski definition) is 3. The first-order valence-corrected chi connectivity index (χ1v) is 5.92. The van der Waals surface area contributed by atoms with E-state index in [4.69, 9.17) is 5.11 Å². The molecule has 102 valence electrons. The minimum absolute atomic E-state index is 0.0383. The van der Waals surface area contributed by atoms with Gasteiger partial charge in [-0.15, -0.1) is 0 Å². The van der Waals surface area contributed by atoms with Crippen molar-refractivity contribution in [2.24, 2.45) is 0 Å². The maximum Gasteiger partial charge on any atom is 0.337 e. The van der Waals surface area contributed by atoms with Crippen LogP contribution in [-0.2, 0) is 0 Å². The first-order chi connectivity index (χ1) is 9.49. The summed E-state index contributed by atoms with van der Waals surface area (Å²) in [6, 6.07) is 11.7. The van der Waals surface area contributed by atoms with E-state index in [0.29, 0.717) is 11.3 Å². The summed E-state index contributed by atoms with van der Waals surface area (Å²) in [6.45, 7) is 1.57. The normalized spacial score (nSPS) is 10.1. The number of aryl methyl sites for hydroxylation is 1. The molecule has 0 aromatic heterocycles. The third kappa shape index (κ3) is 2.77. The van der Waals surface area contributed by atoms with Gasteiger partial charge in [0.2, 0.25) is 0 Å². The number of carboxylic acids is 2. The number of benzene rings is 2. The van der Waals surface area contributed by atoms with Crippen LogP contribution < -0.4 is 5.32 Å². The lowest BCUT2D eigenvalue weighted by Crippen LogP contribution is -2.08. The largest absolute Gasteiger partial charge is 0.478 e. The second kappa shape index (κ2) is 5.44. The minimum Gasteiger partial charge on any atom is -0.478 e. The van der Waals surface area contributed by atoms with E-state index in [2.05, 4.69) is 5.32 Å². The van der Waals surface area contributed by atoms with Gasteiger partial charge in [0.25, 0.3) is 0 Å². The van der Waals surface area contributed by atoms with E-state index < -0.39 is 11.9 Å². The zero-order valence-electron chi connectivity index (χ0n) is 10.8. The zero-order valence-corrected chi connectivity index (χ0v) is 10.8. The molecular formula is C15H13NO4. The van der Waals surface area contributed by atoms with Crippen molar-refractivity contribution in [3.8, 4) is 0 Å². The van der Waals surface area contributed by atoms with E-state index in [1.807, 2.05) is 6.07 Å². The minimum atomic E-state index is -1.11. The maximum absolute atomic E-state index is 11.3. The molecule has 2 aromatic rings. The van der Waals surface area contributed by atoms with Crippen molar-refractivity contribution in [2.45, 2.75) is 6.92 Å². The number of hydrogen-bond donors (Lipinski definition) is 3. The lowest BCUT2D eigenvalue weighted by molar-refractivity contribution is 0.0681. The molecule has 0 amide bonds. The fourth-order valence-corrected chi connectivity index (χ4v) is 1.90. The van der Waals surface area contributed by atoms with Gasteiger partial charge in [0, 0.05) is 5.69 Å². The van der Waals surface area contributed by atoms with Crippen LogP contribution in [0, 0.1) is 6.92 Å². The molecule has 3 N–H and O–H groups in total. The number of anilines is 2. The quantitative estimate of drug-likeness (QED) is 0.795. The third-order valence-corrected chi connectivity index (χ3v) is 2.88. The van der Waals surface area contributed by atoms with Crippen LogP contribution >= 0.6 is 0 Å². The van der Waals surface area contributed by atoms with Crippen molar-refractivity contribution in [1.82, 2.24) is 0 Å². The Morgan fingerprint density at radius 2 is 1.55 bits per heavy atom. The molecule has 0 fully saturated rings. The van der Waals surface area contributed by atoms with Crippen molar-refractivity contribution in [3.05, 3.63) is 59.2 Å². The van der Waals surface area contributed by atoms with Crippen LogP contribution in [0.25, 0.3) is 0 Å². The molecular weight excluding hydrogens is 258 g/mol. The van der Waals surface area contributed by atoms with Gasteiger partial charge in [0.15, 0.2) is 0 Å². The second-order valence-corrected chi connectivity index (χ2v) is 4.31. The molecule has 5 heteroatoms. The standard InChI is InChI=1S/C15H13NO4/c1-9-7-12(15(19)20)13(8-11(9)14(17)18)16-10-5-3-2-4-6-10/h2-8,16H,1H3,(H,17,18)(H,19,20). The number of nitrogens with one attached hydrogen (secondary N) is 1. The lowest BCUT2D eigenvalue weighted by atomic mass is 10.0. The Hall–Kier alpha value is -2.82. The van der Waals surface area contributed by atoms with Crippen molar-refractivity contribution < 1.29 is 19.8 Å². The molecule has 0 saturated heterocycles. The summed E-state index contributed by atoms with van der Waals surface area (Å²) in [4.78, 5) is 22.4. The highest BCUT2D eigenvalue weighted by atomic mass is 16.4. The number of aromatic carboxylic acids is 2. The van der Waals surface area contributed by atoms with Gasteiger partial charge >= 0.3 is 11.9 Å². The fourth-order valence-electron chi connectivity index (χ4n) is 1.90. The number of carbonyl (C=O) groups is 2. The van der Waals surface area contributed by atoms with Gasteiger partial charge in [0.1, 0.15) is 0 Å². The lowest BCUT2D eigenvalue weighted by Gasteiger charge is -2.12. The Morgan fingerprint density at radius 1 is 0.950 bits per heavy atom. The average molecular weight is 271 g/mol. The summed E-state index contributed by atoms with van der Waals surface area (Å²) in [5.74, 6) is -2.20. The summed E-state index contributed by atoms with van der Waals surface area (Å²) in [6.07, 6.45) is 0. The van der Waals surface area contributed by atoms with Crippen molar-refractivity contribution >= 4 is 23.3 Å². The summed E-state index contributed by atoms with van der Waals surface area (Å²) in [7, 11) is 0. The molecule has 0 atom stereocenters. The van der Waals surface area contributed by atoms with Gasteiger partial charge in [0.05, 0.1) is 16.8 Å². The van der Waals surface area contributed by atoms with Gasteiger partial charge in [-0.1, -0.05) is 18.2 Å². The van der Waals surface area contributed by atoms with E-state index in [9.17, 15) is 14.7 Å². The second-order valence-electron chi connectivity index (χ2n) is 4.31. The predicted molar refractivity (Wildman–Crippen MR) is 74.8 cm³/mol. The van der Waals surface area contributed by atoms with E-state index in [-0.39, 0.29) is 16.8 Å². The summed E-state index contributed by atoms with van der Waals surface area (Å²) in [5.41, 5.74) is 1.47. The van der Waals surface area contributed by atoms with Crippen LogP contribution in [0.1, 0.15) is 26.3 Å². The van der Waals surface area contributed by atoms with Crippen LogP contribution in [0.5, 0.6) is 0 Å². The molecule has 2 aromatic carbocycles. The van der Waals surface area contributed by atoms with Gasteiger partial charge in [-0.05, 0) is 36.8 Å². The number of carboxylic acid groups (broad SMARTS) is 2. The molecule has 2 rings (SSSR count). The Kier molecular flexibility index (Phi) is 3.70. The molecule has 5 nitrogen and oxygen atoms in total. The molecule has 20 heavy (non-hydrogen) atoms. The monoisotopic (exact) mass is 271 g/mol. The van der Waals surface area contributed by atoms with Gasteiger partial charge in [-0.2, -0.15) is 0 Å². The summed E-state index contributed by atoms with van der Waals surface area (Å²) < 4.78 is 0. The van der Waals surface area contributed by atoms with Crippen LogP contribution in [-0.4, -0.2) is 22.2 Å². The summed E-state index contributed by atoms with van der Waals surface area (Å²) in [5, 5.41) is 21.3. The molecule has 0 spiro atoms. The predicted octanol–water partition coefficient (Wildman–Crippen LogP) is 3.14. The highest BCUT2D eigenvalue weighted by Gasteiger charge is 2.16. The van der Waals surface area contributed by atoms with Gasteiger partial charge in [-0.3, -0.25) is 0 Å². The molecule has 0 unspecified atom stereocenters. The van der Waals surface area contributed by atoms with Crippen LogP contribution in [0.4, 0.5) is 11.4 Å². The van der Waals surface area contributed by atoms with Crippen molar-refractivity contribution in [1.29, 1.82) is 0 Å². The van der Waals surface area contributed by atoms with Crippen LogP contribution in [0.3, 0.4) is 0 Å². The first-order valence-electron chi connectivity index (χ1n) is 5.92.